The Bertz CT molecular complexity index is 393. The van der Waals surface area contributed by atoms with Crippen LogP contribution in [0.2, 0.25) is 0 Å². The normalized spacial score (nSPS) is 10.7. The number of amides is 1. The number of hydrogen-bond acceptors (Lipinski definition) is 2. The van der Waals surface area contributed by atoms with Gasteiger partial charge in [0, 0.05) is 13.1 Å². The summed E-state index contributed by atoms with van der Waals surface area (Å²) in [6.07, 6.45) is 0.890. The fraction of sp³-hybridized carbons (Fsp3) is 0.500. The van der Waals surface area contributed by atoms with Crippen molar-refractivity contribution in [3.63, 3.8) is 0 Å². The van der Waals surface area contributed by atoms with Crippen LogP contribution < -0.4 is 0 Å². The lowest BCUT2D eigenvalue weighted by atomic mass is 10.2. The molecule has 0 N–H and O–H groups in total. The molecule has 1 aromatic rings. The van der Waals surface area contributed by atoms with E-state index in [1.807, 2.05) is 21.0 Å². The average Bonchev–Trinajstić information content (AvgIpc) is 2.34. The van der Waals surface area contributed by atoms with Crippen molar-refractivity contribution in [3.05, 3.63) is 35.6 Å². The van der Waals surface area contributed by atoms with E-state index in [9.17, 15) is 9.18 Å². The Kier molecular flexibility index (Phi) is 5.78. The zero-order valence-corrected chi connectivity index (χ0v) is 11.3. The largest absolute Gasteiger partial charge is 0.339 e. The summed E-state index contributed by atoms with van der Waals surface area (Å²) in [5.41, 5.74) is 0.157. The minimum Gasteiger partial charge on any atom is -0.339 e. The Morgan fingerprint density at radius 3 is 2.44 bits per heavy atom. The summed E-state index contributed by atoms with van der Waals surface area (Å²) in [5, 5.41) is 0. The Hall–Kier alpha value is -1.42. The molecule has 0 saturated carbocycles. The van der Waals surface area contributed by atoms with Gasteiger partial charge in [-0.15, -0.1) is 0 Å². The number of benzene rings is 1. The van der Waals surface area contributed by atoms with Gasteiger partial charge in [-0.2, -0.15) is 0 Å². The Labute approximate surface area is 108 Å². The highest BCUT2D eigenvalue weighted by molar-refractivity contribution is 5.94. The highest BCUT2D eigenvalue weighted by Crippen LogP contribution is 2.10. The van der Waals surface area contributed by atoms with E-state index in [4.69, 9.17) is 0 Å². The lowest BCUT2D eigenvalue weighted by Crippen LogP contribution is -2.33. The molecule has 0 spiro atoms. The lowest BCUT2D eigenvalue weighted by molar-refractivity contribution is 0.0754. The molecule has 0 atom stereocenters. The van der Waals surface area contributed by atoms with Crippen molar-refractivity contribution in [1.82, 2.24) is 9.80 Å². The maximum atomic E-state index is 13.5. The van der Waals surface area contributed by atoms with Gasteiger partial charge in [-0.1, -0.05) is 12.1 Å². The van der Waals surface area contributed by atoms with Crippen LogP contribution in [-0.4, -0.2) is 49.4 Å². The molecule has 0 aliphatic rings. The maximum absolute atomic E-state index is 13.5. The van der Waals surface area contributed by atoms with Gasteiger partial charge in [0.05, 0.1) is 5.56 Å². The molecule has 1 aromatic carbocycles. The molecule has 1 rings (SSSR count). The van der Waals surface area contributed by atoms with Crippen LogP contribution in [-0.2, 0) is 0 Å². The summed E-state index contributed by atoms with van der Waals surface area (Å²) in [6.45, 7) is 4.08. The summed E-state index contributed by atoms with van der Waals surface area (Å²) in [6, 6.07) is 6.13. The number of nitrogens with zero attached hydrogens (tertiary/aromatic N) is 2. The third kappa shape index (κ3) is 4.11. The molecule has 1 amide bonds. The Balaban J connectivity index is 2.65. The van der Waals surface area contributed by atoms with Crippen LogP contribution >= 0.6 is 0 Å². The molecular formula is C14H21FN2O. The van der Waals surface area contributed by atoms with Crippen LogP contribution in [0.5, 0.6) is 0 Å². The Morgan fingerprint density at radius 2 is 1.89 bits per heavy atom. The minimum atomic E-state index is -0.450. The molecule has 0 heterocycles. The molecule has 4 heteroatoms. The molecule has 0 unspecified atom stereocenters. The number of hydrogen-bond donors (Lipinski definition) is 0. The zero-order valence-electron chi connectivity index (χ0n) is 11.3. The van der Waals surface area contributed by atoms with Gasteiger partial charge in [-0.05, 0) is 46.1 Å². The summed E-state index contributed by atoms with van der Waals surface area (Å²) < 4.78 is 13.5. The topological polar surface area (TPSA) is 23.6 Å². The quantitative estimate of drug-likeness (QED) is 0.775. The molecule has 0 radical (unpaired) electrons. The van der Waals surface area contributed by atoms with Gasteiger partial charge in [-0.3, -0.25) is 4.79 Å². The zero-order chi connectivity index (χ0) is 13.5. The minimum absolute atomic E-state index is 0.157. The second-order valence-electron chi connectivity index (χ2n) is 4.52. The van der Waals surface area contributed by atoms with Crippen molar-refractivity contribution in [2.45, 2.75) is 13.3 Å². The van der Waals surface area contributed by atoms with Gasteiger partial charge in [-0.25, -0.2) is 4.39 Å². The van der Waals surface area contributed by atoms with E-state index in [0.29, 0.717) is 13.1 Å². The molecule has 0 aromatic heterocycles. The van der Waals surface area contributed by atoms with E-state index < -0.39 is 5.82 Å². The van der Waals surface area contributed by atoms with Crippen LogP contribution in [0.1, 0.15) is 23.7 Å². The second kappa shape index (κ2) is 7.11. The van der Waals surface area contributed by atoms with Gasteiger partial charge in [0.15, 0.2) is 0 Å². The molecule has 18 heavy (non-hydrogen) atoms. The van der Waals surface area contributed by atoms with Crippen molar-refractivity contribution < 1.29 is 9.18 Å². The van der Waals surface area contributed by atoms with Gasteiger partial charge >= 0.3 is 0 Å². The maximum Gasteiger partial charge on any atom is 0.256 e. The smallest absolute Gasteiger partial charge is 0.256 e. The SMILES string of the molecule is CCN(CCCN(C)C)C(=O)c1ccccc1F. The molecule has 0 saturated heterocycles. The highest BCUT2D eigenvalue weighted by Gasteiger charge is 2.16. The standard InChI is InChI=1S/C14H21FN2O/c1-4-17(11-7-10-16(2)3)14(18)12-8-5-6-9-13(12)15/h5-6,8-9H,4,7,10-11H2,1-3H3. The number of halogens is 1. The van der Waals surface area contributed by atoms with Gasteiger partial charge in [0.25, 0.3) is 5.91 Å². The van der Waals surface area contributed by atoms with Crippen LogP contribution in [0.15, 0.2) is 24.3 Å². The van der Waals surface area contributed by atoms with Crippen molar-refractivity contribution in [3.8, 4) is 0 Å². The average molecular weight is 252 g/mol. The summed E-state index contributed by atoms with van der Waals surface area (Å²) in [4.78, 5) is 15.9. The predicted octanol–water partition coefficient (Wildman–Crippen LogP) is 2.24. The summed E-state index contributed by atoms with van der Waals surface area (Å²) >= 11 is 0. The predicted molar refractivity (Wildman–Crippen MR) is 71.1 cm³/mol. The molecule has 3 nitrogen and oxygen atoms in total. The van der Waals surface area contributed by atoms with E-state index in [1.165, 1.54) is 12.1 Å². The van der Waals surface area contributed by atoms with Crippen molar-refractivity contribution >= 4 is 5.91 Å². The fourth-order valence-electron chi connectivity index (χ4n) is 1.79. The Morgan fingerprint density at radius 1 is 1.22 bits per heavy atom. The number of carbonyl (C=O) groups excluding carboxylic acids is 1. The first-order chi connectivity index (χ1) is 8.56. The third-order valence-corrected chi connectivity index (χ3v) is 2.81. The van der Waals surface area contributed by atoms with Crippen LogP contribution in [0.3, 0.4) is 0 Å². The molecular weight excluding hydrogens is 231 g/mol. The third-order valence-electron chi connectivity index (χ3n) is 2.81. The number of rotatable bonds is 6. The molecule has 0 aliphatic heterocycles. The van der Waals surface area contributed by atoms with Gasteiger partial charge in [0.1, 0.15) is 5.82 Å². The van der Waals surface area contributed by atoms with E-state index in [0.717, 1.165) is 13.0 Å². The molecule has 0 aliphatic carbocycles. The van der Waals surface area contributed by atoms with Crippen molar-refractivity contribution in [2.75, 3.05) is 33.7 Å². The van der Waals surface area contributed by atoms with E-state index in [1.54, 1.807) is 17.0 Å². The highest BCUT2D eigenvalue weighted by atomic mass is 19.1. The van der Waals surface area contributed by atoms with Crippen LogP contribution in [0.25, 0.3) is 0 Å². The first-order valence-corrected chi connectivity index (χ1v) is 6.24. The molecule has 0 bridgehead atoms. The van der Waals surface area contributed by atoms with Gasteiger partial charge < -0.3 is 9.80 Å². The van der Waals surface area contributed by atoms with E-state index >= 15 is 0 Å². The van der Waals surface area contributed by atoms with Crippen molar-refractivity contribution in [2.24, 2.45) is 0 Å². The van der Waals surface area contributed by atoms with Crippen molar-refractivity contribution in [1.29, 1.82) is 0 Å². The van der Waals surface area contributed by atoms with Crippen LogP contribution in [0.4, 0.5) is 4.39 Å². The van der Waals surface area contributed by atoms with E-state index in [2.05, 4.69) is 4.90 Å². The summed E-state index contributed by atoms with van der Waals surface area (Å²) in [5.74, 6) is -0.678. The first kappa shape index (κ1) is 14.6. The molecule has 0 fully saturated rings. The van der Waals surface area contributed by atoms with Crippen LogP contribution in [0, 0.1) is 5.82 Å². The van der Waals surface area contributed by atoms with E-state index in [-0.39, 0.29) is 11.5 Å². The summed E-state index contributed by atoms with van der Waals surface area (Å²) in [7, 11) is 3.99. The first-order valence-electron chi connectivity index (χ1n) is 6.24. The second-order valence-corrected chi connectivity index (χ2v) is 4.52. The lowest BCUT2D eigenvalue weighted by Gasteiger charge is -2.22. The molecule has 100 valence electrons. The number of carbonyl (C=O) groups is 1. The fourth-order valence-corrected chi connectivity index (χ4v) is 1.79. The monoisotopic (exact) mass is 252 g/mol. The van der Waals surface area contributed by atoms with Gasteiger partial charge in [0.2, 0.25) is 0 Å².